The third kappa shape index (κ3) is 5.52. The van der Waals surface area contributed by atoms with Gasteiger partial charge in [-0.15, -0.1) is 0 Å². The normalized spacial score (nSPS) is 11.0. The van der Waals surface area contributed by atoms with Crippen molar-refractivity contribution in [1.29, 1.82) is 0 Å². The van der Waals surface area contributed by atoms with Gasteiger partial charge in [-0.3, -0.25) is 14.2 Å². The van der Waals surface area contributed by atoms with Gasteiger partial charge in [-0.2, -0.15) is 0 Å². The number of nitrogens with zero attached hydrogens (tertiary/aromatic N) is 4. The van der Waals surface area contributed by atoms with Gasteiger partial charge >= 0.3 is 0 Å². The first kappa shape index (κ1) is 21.6. The van der Waals surface area contributed by atoms with Crippen LogP contribution in [0.2, 0.25) is 0 Å². The van der Waals surface area contributed by atoms with Gasteiger partial charge in [-0.25, -0.2) is 15.0 Å². The van der Waals surface area contributed by atoms with Gasteiger partial charge in [0.2, 0.25) is 0 Å². The molecule has 4 rings (SSSR count). The standard InChI is InChI=1S/C26H26N4O2/c31-22(13-7-12-20-8-3-1-4-9-20)14-15-23-29-25-24(27-17-18-28-25)26(32)30(23)19-16-21-10-5-2-6-11-21/h1-6,8-11,17-18H,7,12-16,19H2. The van der Waals surface area contributed by atoms with E-state index < -0.39 is 0 Å². The number of ketones is 1. The molecule has 0 spiro atoms. The van der Waals surface area contributed by atoms with Crippen LogP contribution in [0, 0.1) is 0 Å². The molecule has 0 radical (unpaired) electrons. The number of benzene rings is 2. The lowest BCUT2D eigenvalue weighted by Crippen LogP contribution is -2.27. The zero-order chi connectivity index (χ0) is 22.2. The molecule has 0 amide bonds. The summed E-state index contributed by atoms with van der Waals surface area (Å²) in [6.07, 6.45) is 6.74. The summed E-state index contributed by atoms with van der Waals surface area (Å²) in [5.41, 5.74) is 2.77. The first-order valence-electron chi connectivity index (χ1n) is 11.0. The molecular formula is C26H26N4O2. The van der Waals surface area contributed by atoms with Gasteiger partial charge in [0.05, 0.1) is 0 Å². The zero-order valence-electron chi connectivity index (χ0n) is 18.0. The molecule has 2 heterocycles. The maximum absolute atomic E-state index is 13.1. The van der Waals surface area contributed by atoms with E-state index in [4.69, 9.17) is 0 Å². The SMILES string of the molecule is O=C(CCCc1ccccc1)CCc1nc2nccnc2c(=O)n1CCc1ccccc1. The van der Waals surface area contributed by atoms with Gasteiger partial charge in [0.1, 0.15) is 11.6 Å². The van der Waals surface area contributed by atoms with E-state index in [9.17, 15) is 9.59 Å². The molecule has 6 heteroatoms. The quantitative estimate of drug-likeness (QED) is 0.384. The molecule has 0 saturated carbocycles. The fourth-order valence-corrected chi connectivity index (χ4v) is 3.81. The Kier molecular flexibility index (Phi) is 7.12. The lowest BCUT2D eigenvalue weighted by atomic mass is 10.0. The summed E-state index contributed by atoms with van der Waals surface area (Å²) in [5, 5.41) is 0. The Balaban J connectivity index is 1.45. The second-order valence-corrected chi connectivity index (χ2v) is 7.83. The predicted molar refractivity (Wildman–Crippen MR) is 124 cm³/mol. The van der Waals surface area contributed by atoms with Gasteiger partial charge < -0.3 is 0 Å². The van der Waals surface area contributed by atoms with E-state index in [1.165, 1.54) is 18.0 Å². The molecule has 0 aliphatic carbocycles. The van der Waals surface area contributed by atoms with Crippen LogP contribution in [0.5, 0.6) is 0 Å². The molecule has 0 bridgehead atoms. The van der Waals surface area contributed by atoms with Crippen molar-refractivity contribution in [1.82, 2.24) is 19.5 Å². The van der Waals surface area contributed by atoms with Crippen molar-refractivity contribution in [2.45, 2.75) is 45.1 Å². The number of Topliss-reactive ketones (excluding diaryl/α,β-unsaturated/α-hetero) is 1. The lowest BCUT2D eigenvalue weighted by Gasteiger charge is -2.13. The Hall–Kier alpha value is -3.67. The Morgan fingerprint density at radius 1 is 0.781 bits per heavy atom. The second kappa shape index (κ2) is 10.6. The molecule has 162 valence electrons. The summed E-state index contributed by atoms with van der Waals surface area (Å²) in [5.74, 6) is 0.777. The maximum atomic E-state index is 13.1. The van der Waals surface area contributed by atoms with E-state index in [0.717, 1.165) is 18.4 Å². The average Bonchev–Trinajstić information content (AvgIpc) is 2.83. The van der Waals surface area contributed by atoms with Crippen LogP contribution in [0.1, 0.15) is 36.2 Å². The zero-order valence-corrected chi connectivity index (χ0v) is 18.0. The lowest BCUT2D eigenvalue weighted by molar-refractivity contribution is -0.119. The number of aryl methyl sites for hydroxylation is 3. The van der Waals surface area contributed by atoms with E-state index in [0.29, 0.717) is 43.7 Å². The van der Waals surface area contributed by atoms with E-state index in [1.807, 2.05) is 48.5 Å². The third-order valence-corrected chi connectivity index (χ3v) is 5.53. The molecule has 6 nitrogen and oxygen atoms in total. The Morgan fingerprint density at radius 2 is 1.44 bits per heavy atom. The average molecular weight is 427 g/mol. The molecule has 0 aliphatic heterocycles. The molecular weight excluding hydrogens is 400 g/mol. The highest BCUT2D eigenvalue weighted by Gasteiger charge is 2.14. The van der Waals surface area contributed by atoms with E-state index >= 15 is 0 Å². The largest absolute Gasteiger partial charge is 0.300 e. The number of hydrogen-bond donors (Lipinski definition) is 0. The molecule has 0 fully saturated rings. The van der Waals surface area contributed by atoms with Crippen molar-refractivity contribution in [3.8, 4) is 0 Å². The van der Waals surface area contributed by atoms with E-state index in [-0.39, 0.29) is 16.9 Å². The second-order valence-electron chi connectivity index (χ2n) is 7.83. The molecule has 32 heavy (non-hydrogen) atoms. The fourth-order valence-electron chi connectivity index (χ4n) is 3.81. The maximum Gasteiger partial charge on any atom is 0.281 e. The highest BCUT2D eigenvalue weighted by atomic mass is 16.1. The van der Waals surface area contributed by atoms with Crippen LogP contribution in [-0.2, 0) is 30.6 Å². The van der Waals surface area contributed by atoms with Crippen molar-refractivity contribution < 1.29 is 4.79 Å². The van der Waals surface area contributed by atoms with Crippen LogP contribution < -0.4 is 5.56 Å². The fraction of sp³-hybridized carbons (Fsp3) is 0.269. The molecule has 2 aromatic heterocycles. The summed E-state index contributed by atoms with van der Waals surface area (Å²) in [6, 6.07) is 20.2. The molecule has 4 aromatic rings. The predicted octanol–water partition coefficient (Wildman–Crippen LogP) is 3.95. The minimum absolute atomic E-state index is 0.184. The number of rotatable bonds is 10. The van der Waals surface area contributed by atoms with Crippen molar-refractivity contribution >= 4 is 16.9 Å². The van der Waals surface area contributed by atoms with Gasteiger partial charge in [-0.05, 0) is 30.4 Å². The van der Waals surface area contributed by atoms with Crippen LogP contribution >= 0.6 is 0 Å². The monoisotopic (exact) mass is 426 g/mol. The Labute approximate surface area is 187 Å². The molecule has 2 aromatic carbocycles. The van der Waals surface area contributed by atoms with Crippen LogP contribution in [0.3, 0.4) is 0 Å². The van der Waals surface area contributed by atoms with Crippen LogP contribution in [0.15, 0.2) is 77.9 Å². The molecule has 0 atom stereocenters. The Bertz CT molecular complexity index is 1240. The van der Waals surface area contributed by atoms with Gasteiger partial charge in [0, 0.05) is 38.2 Å². The molecule has 0 unspecified atom stereocenters. The van der Waals surface area contributed by atoms with Crippen LogP contribution in [0.25, 0.3) is 11.2 Å². The van der Waals surface area contributed by atoms with Gasteiger partial charge in [0.15, 0.2) is 11.2 Å². The highest BCUT2D eigenvalue weighted by molar-refractivity contribution is 5.78. The molecule has 0 N–H and O–H groups in total. The number of hydrogen-bond acceptors (Lipinski definition) is 5. The number of carbonyl (C=O) groups is 1. The third-order valence-electron chi connectivity index (χ3n) is 5.53. The van der Waals surface area contributed by atoms with Crippen molar-refractivity contribution in [2.24, 2.45) is 0 Å². The van der Waals surface area contributed by atoms with E-state index in [2.05, 4.69) is 27.1 Å². The molecule has 0 aliphatic rings. The Morgan fingerprint density at radius 3 is 2.16 bits per heavy atom. The van der Waals surface area contributed by atoms with Crippen molar-refractivity contribution in [2.75, 3.05) is 0 Å². The summed E-state index contributed by atoms with van der Waals surface area (Å²) >= 11 is 0. The number of fused-ring (bicyclic) bond motifs is 1. The summed E-state index contributed by atoms with van der Waals surface area (Å²) < 4.78 is 1.65. The minimum atomic E-state index is -0.203. The number of aromatic nitrogens is 4. The number of carbonyl (C=O) groups excluding carboxylic acids is 1. The van der Waals surface area contributed by atoms with Crippen molar-refractivity contribution in [3.63, 3.8) is 0 Å². The van der Waals surface area contributed by atoms with Gasteiger partial charge in [0.25, 0.3) is 5.56 Å². The topological polar surface area (TPSA) is 77.7 Å². The smallest absolute Gasteiger partial charge is 0.281 e. The first-order valence-corrected chi connectivity index (χ1v) is 11.0. The van der Waals surface area contributed by atoms with E-state index in [1.54, 1.807) is 4.57 Å². The summed E-state index contributed by atoms with van der Waals surface area (Å²) in [4.78, 5) is 38.5. The minimum Gasteiger partial charge on any atom is -0.300 e. The van der Waals surface area contributed by atoms with Gasteiger partial charge in [-0.1, -0.05) is 60.7 Å². The summed E-state index contributed by atoms with van der Waals surface area (Å²) in [6.45, 7) is 0.486. The highest BCUT2D eigenvalue weighted by Crippen LogP contribution is 2.10. The van der Waals surface area contributed by atoms with Crippen LogP contribution in [0.4, 0.5) is 0 Å². The van der Waals surface area contributed by atoms with Crippen LogP contribution in [-0.4, -0.2) is 25.3 Å². The van der Waals surface area contributed by atoms with Crippen molar-refractivity contribution in [3.05, 3.63) is 100 Å². The summed E-state index contributed by atoms with van der Waals surface area (Å²) in [7, 11) is 0. The molecule has 0 saturated heterocycles. The first-order chi connectivity index (χ1) is 15.7.